The van der Waals surface area contributed by atoms with E-state index in [-0.39, 0.29) is 12.2 Å². The molecule has 0 saturated carbocycles. The zero-order valence-electron chi connectivity index (χ0n) is 11.5. The minimum atomic E-state index is -0.899. The van der Waals surface area contributed by atoms with Gasteiger partial charge in [0, 0.05) is 25.0 Å². The van der Waals surface area contributed by atoms with Gasteiger partial charge in [-0.2, -0.15) is 0 Å². The predicted octanol–water partition coefficient (Wildman–Crippen LogP) is 2.00. The van der Waals surface area contributed by atoms with Gasteiger partial charge in [-0.05, 0) is 23.8 Å². The Morgan fingerprint density at radius 2 is 1.95 bits per heavy atom. The van der Waals surface area contributed by atoms with Gasteiger partial charge >= 0.3 is 0 Å². The molecule has 22 heavy (non-hydrogen) atoms. The van der Waals surface area contributed by atoms with Crippen molar-refractivity contribution < 1.29 is 18.4 Å². The van der Waals surface area contributed by atoms with E-state index in [4.69, 9.17) is 0 Å². The van der Waals surface area contributed by atoms with Crippen LogP contribution in [0, 0.1) is 11.6 Å². The Morgan fingerprint density at radius 3 is 2.64 bits per heavy atom. The summed E-state index contributed by atoms with van der Waals surface area (Å²) in [5.41, 5.74) is 0.618. The summed E-state index contributed by atoms with van der Waals surface area (Å²) in [6.45, 7) is 0.241. The molecule has 1 aromatic heterocycles. The molecule has 0 saturated heterocycles. The molecule has 1 aromatic carbocycles. The van der Waals surface area contributed by atoms with Crippen molar-refractivity contribution in [3.05, 3.63) is 59.9 Å². The van der Waals surface area contributed by atoms with Crippen LogP contribution in [0.3, 0.4) is 0 Å². The van der Waals surface area contributed by atoms with Gasteiger partial charge in [-0.1, -0.05) is 6.07 Å². The van der Waals surface area contributed by atoms with Crippen molar-refractivity contribution in [3.63, 3.8) is 0 Å². The third-order valence-electron chi connectivity index (χ3n) is 2.74. The normalized spacial score (nSPS) is 10.1. The number of halogens is 2. The van der Waals surface area contributed by atoms with Crippen molar-refractivity contribution in [2.45, 2.75) is 13.0 Å². The molecule has 0 radical (unpaired) electrons. The molecule has 2 rings (SSSR count). The first-order valence-corrected chi connectivity index (χ1v) is 6.45. The van der Waals surface area contributed by atoms with Crippen LogP contribution >= 0.6 is 0 Å². The molecule has 0 aliphatic rings. The van der Waals surface area contributed by atoms with Gasteiger partial charge in [-0.25, -0.2) is 8.78 Å². The van der Waals surface area contributed by atoms with Crippen LogP contribution < -0.4 is 10.6 Å². The van der Waals surface area contributed by atoms with E-state index in [2.05, 4.69) is 15.6 Å². The molecule has 0 aliphatic carbocycles. The number of pyridine rings is 1. The molecule has 0 spiro atoms. The lowest BCUT2D eigenvalue weighted by molar-refractivity contribution is -0.126. The number of amides is 2. The number of hydrogen-bond donors (Lipinski definition) is 2. The minimum Gasteiger partial charge on any atom is -0.352 e. The topological polar surface area (TPSA) is 71.1 Å². The number of aromatic nitrogens is 1. The van der Waals surface area contributed by atoms with Crippen molar-refractivity contribution in [2.24, 2.45) is 0 Å². The second kappa shape index (κ2) is 7.26. The third-order valence-corrected chi connectivity index (χ3v) is 2.74. The summed E-state index contributed by atoms with van der Waals surface area (Å²) in [5, 5.41) is 4.76. The van der Waals surface area contributed by atoms with E-state index < -0.39 is 29.9 Å². The van der Waals surface area contributed by atoms with Gasteiger partial charge in [0.25, 0.3) is 0 Å². The van der Waals surface area contributed by atoms with Gasteiger partial charge in [0.1, 0.15) is 18.1 Å². The van der Waals surface area contributed by atoms with Crippen molar-refractivity contribution in [2.75, 3.05) is 5.32 Å². The lowest BCUT2D eigenvalue weighted by Crippen LogP contribution is -2.28. The molecular weight excluding hydrogens is 292 g/mol. The Balaban J connectivity index is 1.82. The number of rotatable bonds is 5. The van der Waals surface area contributed by atoms with Crippen molar-refractivity contribution in [1.82, 2.24) is 10.3 Å². The van der Waals surface area contributed by atoms with E-state index in [0.29, 0.717) is 6.07 Å². The predicted molar refractivity (Wildman–Crippen MR) is 75.7 cm³/mol. The Labute approximate surface area is 125 Å². The molecular formula is C15H13F2N3O2. The lowest BCUT2D eigenvalue weighted by Gasteiger charge is -2.07. The van der Waals surface area contributed by atoms with Crippen molar-refractivity contribution >= 4 is 17.5 Å². The molecule has 0 unspecified atom stereocenters. The fourth-order valence-electron chi connectivity index (χ4n) is 1.70. The monoisotopic (exact) mass is 305 g/mol. The van der Waals surface area contributed by atoms with E-state index >= 15 is 0 Å². The van der Waals surface area contributed by atoms with Crippen molar-refractivity contribution in [1.29, 1.82) is 0 Å². The van der Waals surface area contributed by atoms with Crippen LogP contribution in [0.5, 0.6) is 0 Å². The fraction of sp³-hybridized carbons (Fsp3) is 0.133. The first-order chi connectivity index (χ1) is 10.5. The highest BCUT2D eigenvalue weighted by Crippen LogP contribution is 2.14. The highest BCUT2D eigenvalue weighted by atomic mass is 19.1. The molecule has 7 heteroatoms. The number of benzene rings is 1. The van der Waals surface area contributed by atoms with Crippen LogP contribution in [0.1, 0.15) is 12.0 Å². The maximum Gasteiger partial charge on any atom is 0.233 e. The van der Waals surface area contributed by atoms with Crippen LogP contribution in [-0.2, 0) is 16.1 Å². The molecule has 0 fully saturated rings. The molecule has 2 amide bonds. The largest absolute Gasteiger partial charge is 0.352 e. The van der Waals surface area contributed by atoms with Crippen LogP contribution in [0.15, 0.2) is 42.7 Å². The Bertz CT molecular complexity index is 678. The average molecular weight is 305 g/mol. The molecule has 2 N–H and O–H groups in total. The third kappa shape index (κ3) is 4.62. The number of carbonyl (C=O) groups is 2. The first kappa shape index (κ1) is 15.6. The fourth-order valence-corrected chi connectivity index (χ4v) is 1.70. The van der Waals surface area contributed by atoms with E-state index in [0.717, 1.165) is 17.7 Å². The number of nitrogens with zero attached hydrogens (tertiary/aromatic N) is 1. The first-order valence-electron chi connectivity index (χ1n) is 6.45. The highest BCUT2D eigenvalue weighted by molar-refractivity contribution is 6.03. The summed E-state index contributed by atoms with van der Waals surface area (Å²) in [6, 6.07) is 6.27. The molecule has 114 valence electrons. The standard InChI is InChI=1S/C15H13F2N3O2/c16-11-3-4-13(12(17)6-11)20-15(22)7-14(21)19-9-10-2-1-5-18-8-10/h1-6,8H,7,9H2,(H,19,21)(H,20,22). The zero-order chi connectivity index (χ0) is 15.9. The summed E-state index contributed by atoms with van der Waals surface area (Å²) in [6.07, 6.45) is 2.74. The maximum atomic E-state index is 13.4. The number of nitrogens with one attached hydrogen (secondary N) is 2. The lowest BCUT2D eigenvalue weighted by atomic mass is 10.2. The summed E-state index contributed by atoms with van der Waals surface area (Å²) in [7, 11) is 0. The van der Waals surface area contributed by atoms with Crippen LogP contribution in [-0.4, -0.2) is 16.8 Å². The van der Waals surface area contributed by atoms with Gasteiger partial charge in [0.2, 0.25) is 11.8 Å². The SMILES string of the molecule is O=C(CC(=O)Nc1ccc(F)cc1F)NCc1cccnc1. The van der Waals surface area contributed by atoms with Crippen LogP contribution in [0.25, 0.3) is 0 Å². The summed E-state index contributed by atoms with van der Waals surface area (Å²) in [4.78, 5) is 27.1. The van der Waals surface area contributed by atoms with Gasteiger partial charge in [0.05, 0.1) is 5.69 Å². The van der Waals surface area contributed by atoms with E-state index in [1.54, 1.807) is 24.5 Å². The summed E-state index contributed by atoms with van der Waals surface area (Å²) < 4.78 is 26.1. The maximum absolute atomic E-state index is 13.4. The molecule has 5 nitrogen and oxygen atoms in total. The second-order valence-electron chi connectivity index (χ2n) is 4.49. The molecule has 1 heterocycles. The highest BCUT2D eigenvalue weighted by Gasteiger charge is 2.12. The molecule has 0 atom stereocenters. The number of hydrogen-bond acceptors (Lipinski definition) is 3. The quantitative estimate of drug-likeness (QED) is 0.830. The Morgan fingerprint density at radius 1 is 1.14 bits per heavy atom. The van der Waals surface area contributed by atoms with Crippen molar-refractivity contribution in [3.8, 4) is 0 Å². The van der Waals surface area contributed by atoms with Crippen LogP contribution in [0.4, 0.5) is 14.5 Å². The van der Waals surface area contributed by atoms with Gasteiger partial charge in [-0.15, -0.1) is 0 Å². The van der Waals surface area contributed by atoms with Gasteiger partial charge in [0.15, 0.2) is 0 Å². The van der Waals surface area contributed by atoms with E-state index in [1.807, 2.05) is 0 Å². The smallest absolute Gasteiger partial charge is 0.233 e. The van der Waals surface area contributed by atoms with E-state index in [1.165, 1.54) is 0 Å². The number of anilines is 1. The summed E-state index contributed by atoms with van der Waals surface area (Å²) >= 11 is 0. The number of carbonyl (C=O) groups excluding carboxylic acids is 2. The van der Waals surface area contributed by atoms with Gasteiger partial charge < -0.3 is 10.6 Å². The van der Waals surface area contributed by atoms with Gasteiger partial charge in [-0.3, -0.25) is 14.6 Å². The van der Waals surface area contributed by atoms with E-state index in [9.17, 15) is 18.4 Å². The Kier molecular flexibility index (Phi) is 5.13. The average Bonchev–Trinajstić information content (AvgIpc) is 2.49. The second-order valence-corrected chi connectivity index (χ2v) is 4.49. The molecule has 2 aromatic rings. The minimum absolute atomic E-state index is 0.175. The molecule has 0 bridgehead atoms. The van der Waals surface area contributed by atoms with Crippen LogP contribution in [0.2, 0.25) is 0 Å². The Hall–Kier alpha value is -2.83. The zero-order valence-corrected chi connectivity index (χ0v) is 11.5. The molecule has 0 aliphatic heterocycles. The summed E-state index contributed by atoms with van der Waals surface area (Å²) in [5.74, 6) is -2.84.